The highest BCUT2D eigenvalue weighted by atomic mass is 32.1. The summed E-state index contributed by atoms with van der Waals surface area (Å²) in [5, 5.41) is 3.85. The summed E-state index contributed by atoms with van der Waals surface area (Å²) in [6.07, 6.45) is 1.47. The normalized spacial score (nSPS) is 10.5. The summed E-state index contributed by atoms with van der Waals surface area (Å²) in [7, 11) is 1.72. The zero-order chi connectivity index (χ0) is 12.4. The van der Waals surface area contributed by atoms with E-state index in [4.69, 9.17) is 4.52 Å². The van der Waals surface area contributed by atoms with Gasteiger partial charge in [-0.05, 0) is 13.8 Å². The monoisotopic (exact) mass is 252 g/mol. The first kappa shape index (κ1) is 11.7. The van der Waals surface area contributed by atoms with E-state index < -0.39 is 0 Å². The van der Waals surface area contributed by atoms with E-state index in [2.05, 4.69) is 13.9 Å². The molecule has 0 bridgehead atoms. The molecule has 0 radical (unpaired) electrons. The molecule has 0 saturated heterocycles. The molecule has 2 aromatic heterocycles. The molecule has 2 aromatic rings. The summed E-state index contributed by atoms with van der Waals surface area (Å²) in [5.41, 5.74) is 2.10. The summed E-state index contributed by atoms with van der Waals surface area (Å²) < 4.78 is 12.8. The van der Waals surface area contributed by atoms with Gasteiger partial charge in [0.2, 0.25) is 0 Å². The summed E-state index contributed by atoms with van der Waals surface area (Å²) in [6.45, 7) is 4.14. The van der Waals surface area contributed by atoms with Gasteiger partial charge in [-0.25, -0.2) is 0 Å². The van der Waals surface area contributed by atoms with E-state index in [-0.39, 0.29) is 5.91 Å². The van der Waals surface area contributed by atoms with E-state index in [1.165, 1.54) is 6.20 Å². The third kappa shape index (κ3) is 2.33. The van der Waals surface area contributed by atoms with Crippen LogP contribution in [0, 0.1) is 13.8 Å². The Kier molecular flexibility index (Phi) is 3.19. The van der Waals surface area contributed by atoms with Crippen LogP contribution in [0.2, 0.25) is 0 Å². The van der Waals surface area contributed by atoms with Gasteiger partial charge in [0.05, 0.1) is 30.2 Å². The van der Waals surface area contributed by atoms with Crippen LogP contribution >= 0.6 is 11.7 Å². The van der Waals surface area contributed by atoms with Crippen molar-refractivity contribution in [2.45, 2.75) is 20.4 Å². The summed E-state index contributed by atoms with van der Waals surface area (Å²) in [5.74, 6) is 0.581. The number of rotatable bonds is 3. The van der Waals surface area contributed by atoms with Crippen molar-refractivity contribution < 1.29 is 9.32 Å². The Balaban J connectivity index is 2.12. The molecule has 0 saturated carbocycles. The van der Waals surface area contributed by atoms with Gasteiger partial charge in [0.1, 0.15) is 5.76 Å². The number of carbonyl (C=O) groups is 1. The number of nitrogens with zero attached hydrogens (tertiary/aromatic N) is 4. The molecule has 0 unspecified atom stereocenters. The number of aryl methyl sites for hydroxylation is 2. The Morgan fingerprint density at radius 2 is 2.29 bits per heavy atom. The van der Waals surface area contributed by atoms with Crippen LogP contribution in [-0.2, 0) is 6.54 Å². The maximum atomic E-state index is 11.9. The third-order valence-corrected chi connectivity index (χ3v) is 2.98. The first-order valence-electron chi connectivity index (χ1n) is 5.04. The van der Waals surface area contributed by atoms with E-state index >= 15 is 0 Å². The molecule has 0 spiro atoms. The van der Waals surface area contributed by atoms with Crippen molar-refractivity contribution >= 4 is 17.6 Å². The van der Waals surface area contributed by atoms with Crippen LogP contribution in [0.4, 0.5) is 0 Å². The number of carbonyl (C=O) groups excluding carboxylic acids is 1. The molecular weight excluding hydrogens is 240 g/mol. The molecule has 0 aliphatic rings. The van der Waals surface area contributed by atoms with Gasteiger partial charge < -0.3 is 9.42 Å². The van der Waals surface area contributed by atoms with Gasteiger partial charge in [0, 0.05) is 12.6 Å². The molecule has 90 valence electrons. The molecule has 0 N–H and O–H groups in total. The van der Waals surface area contributed by atoms with Gasteiger partial charge in [0.15, 0.2) is 5.69 Å². The van der Waals surface area contributed by atoms with Crippen LogP contribution in [0.15, 0.2) is 10.7 Å². The van der Waals surface area contributed by atoms with Crippen molar-refractivity contribution in [2.24, 2.45) is 0 Å². The zero-order valence-electron chi connectivity index (χ0n) is 9.80. The molecule has 2 rings (SSSR count). The van der Waals surface area contributed by atoms with E-state index in [9.17, 15) is 4.79 Å². The fourth-order valence-corrected chi connectivity index (χ4v) is 1.90. The maximum absolute atomic E-state index is 11.9. The van der Waals surface area contributed by atoms with Gasteiger partial charge in [-0.1, -0.05) is 5.16 Å². The molecule has 6 nitrogen and oxygen atoms in total. The second-order valence-corrected chi connectivity index (χ2v) is 4.31. The fourth-order valence-electron chi connectivity index (χ4n) is 1.49. The summed E-state index contributed by atoms with van der Waals surface area (Å²) in [6, 6.07) is 0. The van der Waals surface area contributed by atoms with Crippen molar-refractivity contribution in [3.8, 4) is 0 Å². The van der Waals surface area contributed by atoms with Crippen molar-refractivity contribution in [1.82, 2.24) is 18.8 Å². The quantitative estimate of drug-likeness (QED) is 0.826. The van der Waals surface area contributed by atoms with Gasteiger partial charge >= 0.3 is 0 Å². The van der Waals surface area contributed by atoms with Gasteiger partial charge in [-0.15, -0.1) is 0 Å². The minimum absolute atomic E-state index is 0.154. The lowest BCUT2D eigenvalue weighted by atomic mass is 10.2. The third-order valence-electron chi connectivity index (χ3n) is 2.50. The average molecular weight is 252 g/mol. The Hall–Kier alpha value is -1.76. The maximum Gasteiger partial charge on any atom is 0.275 e. The number of hydrogen-bond acceptors (Lipinski definition) is 6. The van der Waals surface area contributed by atoms with Gasteiger partial charge in [-0.3, -0.25) is 4.79 Å². The highest BCUT2D eigenvalue weighted by Crippen LogP contribution is 2.15. The van der Waals surface area contributed by atoms with Crippen LogP contribution in [0.5, 0.6) is 0 Å². The van der Waals surface area contributed by atoms with E-state index in [0.29, 0.717) is 12.2 Å². The Labute approximate surface area is 103 Å². The molecule has 17 heavy (non-hydrogen) atoms. The number of aromatic nitrogens is 3. The van der Waals surface area contributed by atoms with Crippen molar-refractivity contribution in [3.05, 3.63) is 28.9 Å². The number of amides is 1. The zero-order valence-corrected chi connectivity index (χ0v) is 10.6. The average Bonchev–Trinajstić information content (AvgIpc) is 2.93. The van der Waals surface area contributed by atoms with Gasteiger partial charge in [-0.2, -0.15) is 8.75 Å². The Bertz CT molecular complexity index is 501. The van der Waals surface area contributed by atoms with Crippen LogP contribution in [0.1, 0.15) is 27.5 Å². The predicted octanol–water partition coefficient (Wildman–Crippen LogP) is 1.42. The molecule has 0 fully saturated rings. The highest BCUT2D eigenvalue weighted by Gasteiger charge is 2.18. The highest BCUT2D eigenvalue weighted by molar-refractivity contribution is 6.99. The molecule has 0 aromatic carbocycles. The first-order chi connectivity index (χ1) is 8.09. The molecule has 7 heteroatoms. The minimum Gasteiger partial charge on any atom is -0.361 e. The second kappa shape index (κ2) is 4.62. The van der Waals surface area contributed by atoms with Crippen molar-refractivity contribution in [3.63, 3.8) is 0 Å². The van der Waals surface area contributed by atoms with E-state index in [1.54, 1.807) is 11.9 Å². The Morgan fingerprint density at radius 1 is 1.53 bits per heavy atom. The largest absolute Gasteiger partial charge is 0.361 e. The molecule has 1 amide bonds. The smallest absolute Gasteiger partial charge is 0.275 e. The Morgan fingerprint density at radius 3 is 2.82 bits per heavy atom. The lowest BCUT2D eigenvalue weighted by Gasteiger charge is -2.15. The standard InChI is InChI=1S/C10H12N4O2S/c1-6-8(7(2)16-12-6)5-14(3)10(15)9-4-11-17-13-9/h4H,5H2,1-3H3. The summed E-state index contributed by atoms with van der Waals surface area (Å²) >= 11 is 1.02. The molecule has 0 aliphatic carbocycles. The summed E-state index contributed by atoms with van der Waals surface area (Å²) in [4.78, 5) is 13.5. The predicted molar refractivity (Wildman–Crippen MR) is 61.7 cm³/mol. The van der Waals surface area contributed by atoms with Crippen molar-refractivity contribution in [2.75, 3.05) is 7.05 Å². The number of hydrogen-bond donors (Lipinski definition) is 0. The first-order valence-corrected chi connectivity index (χ1v) is 5.77. The fraction of sp³-hybridized carbons (Fsp3) is 0.400. The van der Waals surface area contributed by atoms with Crippen molar-refractivity contribution in [1.29, 1.82) is 0 Å². The second-order valence-electron chi connectivity index (χ2n) is 3.76. The lowest BCUT2D eigenvalue weighted by Crippen LogP contribution is -2.26. The minimum atomic E-state index is -0.154. The van der Waals surface area contributed by atoms with Crippen LogP contribution in [0.3, 0.4) is 0 Å². The topological polar surface area (TPSA) is 72.1 Å². The van der Waals surface area contributed by atoms with E-state index in [0.717, 1.165) is 28.7 Å². The van der Waals surface area contributed by atoms with Crippen LogP contribution in [-0.4, -0.2) is 31.8 Å². The molecular formula is C10H12N4O2S. The van der Waals surface area contributed by atoms with E-state index in [1.807, 2.05) is 13.8 Å². The SMILES string of the molecule is Cc1noc(C)c1CN(C)C(=O)c1cnsn1. The molecule has 0 aliphatic heterocycles. The molecule has 0 atom stereocenters. The van der Waals surface area contributed by atoms with Gasteiger partial charge in [0.25, 0.3) is 5.91 Å². The molecule has 2 heterocycles. The lowest BCUT2D eigenvalue weighted by molar-refractivity contribution is 0.0780. The van der Waals surface area contributed by atoms with Crippen LogP contribution < -0.4 is 0 Å². The van der Waals surface area contributed by atoms with Crippen LogP contribution in [0.25, 0.3) is 0 Å².